The van der Waals surface area contributed by atoms with Crippen LogP contribution in [0.25, 0.3) is 0 Å². The number of amides is 1. The van der Waals surface area contributed by atoms with Gasteiger partial charge in [0.2, 0.25) is 5.91 Å². The Morgan fingerprint density at radius 3 is 2.68 bits per heavy atom. The SMILES string of the molecule is O=C(Cc1cccnc1)N1CCC2(CC1)CC(OCCOCc1ccccc1)CCO2. The number of benzene rings is 1. The summed E-state index contributed by atoms with van der Waals surface area (Å²) >= 11 is 0. The lowest BCUT2D eigenvalue weighted by molar-refractivity contribution is -0.163. The van der Waals surface area contributed by atoms with Gasteiger partial charge in [-0.05, 0) is 36.5 Å². The maximum atomic E-state index is 12.6. The monoisotopic (exact) mass is 424 g/mol. The fourth-order valence-corrected chi connectivity index (χ4v) is 4.46. The summed E-state index contributed by atoms with van der Waals surface area (Å²) in [6, 6.07) is 14.0. The van der Waals surface area contributed by atoms with Gasteiger partial charge in [0, 0.05) is 38.5 Å². The van der Waals surface area contributed by atoms with Crippen LogP contribution in [0.5, 0.6) is 0 Å². The van der Waals surface area contributed by atoms with Gasteiger partial charge < -0.3 is 19.1 Å². The summed E-state index contributed by atoms with van der Waals surface area (Å²) in [7, 11) is 0. The maximum absolute atomic E-state index is 12.6. The molecule has 2 fully saturated rings. The molecule has 166 valence electrons. The minimum absolute atomic E-state index is 0.154. The van der Waals surface area contributed by atoms with Crippen LogP contribution in [0.1, 0.15) is 36.8 Å². The van der Waals surface area contributed by atoms with Crippen molar-refractivity contribution in [2.24, 2.45) is 0 Å². The Hall–Kier alpha value is -2.28. The Kier molecular flexibility index (Phi) is 7.67. The summed E-state index contributed by atoms with van der Waals surface area (Å²) in [6.45, 7) is 4.02. The number of likely N-dealkylation sites (tertiary alicyclic amines) is 1. The van der Waals surface area contributed by atoms with Crippen molar-refractivity contribution in [3.8, 4) is 0 Å². The van der Waals surface area contributed by atoms with E-state index in [9.17, 15) is 4.79 Å². The molecule has 0 saturated carbocycles. The smallest absolute Gasteiger partial charge is 0.227 e. The van der Waals surface area contributed by atoms with Crippen LogP contribution in [0, 0.1) is 0 Å². The topological polar surface area (TPSA) is 60.9 Å². The first-order valence-corrected chi connectivity index (χ1v) is 11.3. The fraction of sp³-hybridized carbons (Fsp3) is 0.520. The third kappa shape index (κ3) is 6.35. The molecular formula is C25H32N2O4. The van der Waals surface area contributed by atoms with Crippen molar-refractivity contribution in [2.75, 3.05) is 32.9 Å². The first kappa shape index (κ1) is 21.9. The van der Waals surface area contributed by atoms with Gasteiger partial charge in [0.05, 0.1) is 37.9 Å². The molecule has 2 aromatic rings. The molecule has 6 nitrogen and oxygen atoms in total. The number of rotatable bonds is 8. The van der Waals surface area contributed by atoms with Gasteiger partial charge in [-0.3, -0.25) is 9.78 Å². The van der Waals surface area contributed by atoms with Crippen molar-refractivity contribution < 1.29 is 19.0 Å². The number of carbonyl (C=O) groups excluding carboxylic acids is 1. The normalized spacial score (nSPS) is 20.6. The molecule has 0 N–H and O–H groups in total. The van der Waals surface area contributed by atoms with Crippen LogP contribution >= 0.6 is 0 Å². The second-order valence-electron chi connectivity index (χ2n) is 8.47. The van der Waals surface area contributed by atoms with Gasteiger partial charge in [-0.15, -0.1) is 0 Å². The zero-order valence-corrected chi connectivity index (χ0v) is 18.1. The summed E-state index contributed by atoms with van der Waals surface area (Å²) < 4.78 is 18.1. The van der Waals surface area contributed by atoms with Crippen molar-refractivity contribution >= 4 is 5.91 Å². The van der Waals surface area contributed by atoms with Crippen molar-refractivity contribution in [2.45, 2.75) is 50.4 Å². The molecule has 3 heterocycles. The van der Waals surface area contributed by atoms with E-state index in [1.165, 1.54) is 5.56 Å². The van der Waals surface area contributed by atoms with E-state index in [1.54, 1.807) is 12.4 Å². The molecule has 0 aliphatic carbocycles. The third-order valence-electron chi connectivity index (χ3n) is 6.25. The molecule has 1 aromatic heterocycles. The average Bonchev–Trinajstić information content (AvgIpc) is 2.81. The number of aromatic nitrogens is 1. The molecule has 2 aliphatic heterocycles. The van der Waals surface area contributed by atoms with Crippen LogP contribution in [0.4, 0.5) is 0 Å². The third-order valence-corrected chi connectivity index (χ3v) is 6.25. The predicted octanol–water partition coefficient (Wildman–Crippen LogP) is 3.40. The Bertz CT molecular complexity index is 807. The van der Waals surface area contributed by atoms with Crippen molar-refractivity contribution in [3.63, 3.8) is 0 Å². The molecule has 0 bridgehead atoms. The van der Waals surface area contributed by atoms with Crippen LogP contribution in [0.15, 0.2) is 54.9 Å². The van der Waals surface area contributed by atoms with Crippen molar-refractivity contribution in [1.29, 1.82) is 0 Å². The highest BCUT2D eigenvalue weighted by Crippen LogP contribution is 2.36. The van der Waals surface area contributed by atoms with Gasteiger partial charge in [-0.25, -0.2) is 0 Å². The van der Waals surface area contributed by atoms with E-state index in [1.807, 2.05) is 35.2 Å². The lowest BCUT2D eigenvalue weighted by Gasteiger charge is -2.46. The summed E-state index contributed by atoms with van der Waals surface area (Å²) in [5.74, 6) is 0.169. The predicted molar refractivity (Wildman–Crippen MR) is 118 cm³/mol. The molecular weight excluding hydrogens is 392 g/mol. The van der Waals surface area contributed by atoms with Crippen molar-refractivity contribution in [1.82, 2.24) is 9.88 Å². The highest BCUT2D eigenvalue weighted by molar-refractivity contribution is 5.78. The summed E-state index contributed by atoms with van der Waals surface area (Å²) in [5, 5.41) is 0. The van der Waals surface area contributed by atoms with E-state index < -0.39 is 0 Å². The van der Waals surface area contributed by atoms with Crippen LogP contribution < -0.4 is 0 Å². The quantitative estimate of drug-likeness (QED) is 0.608. The van der Waals surface area contributed by atoms with Crippen LogP contribution in [0.2, 0.25) is 0 Å². The minimum Gasteiger partial charge on any atom is -0.376 e. The maximum Gasteiger partial charge on any atom is 0.227 e. The van der Waals surface area contributed by atoms with Gasteiger partial charge in [-0.2, -0.15) is 0 Å². The molecule has 1 unspecified atom stereocenters. The van der Waals surface area contributed by atoms with E-state index in [-0.39, 0.29) is 17.6 Å². The Morgan fingerprint density at radius 1 is 1.10 bits per heavy atom. The summed E-state index contributed by atoms with van der Waals surface area (Å²) in [5.41, 5.74) is 1.99. The van der Waals surface area contributed by atoms with E-state index in [2.05, 4.69) is 17.1 Å². The molecule has 6 heteroatoms. The number of ether oxygens (including phenoxy) is 3. The minimum atomic E-state index is -0.154. The molecule has 1 atom stereocenters. The first-order chi connectivity index (χ1) is 15.2. The first-order valence-electron chi connectivity index (χ1n) is 11.3. The fourth-order valence-electron chi connectivity index (χ4n) is 4.46. The molecule has 1 spiro atoms. The second kappa shape index (κ2) is 10.8. The highest BCUT2D eigenvalue weighted by Gasteiger charge is 2.41. The van der Waals surface area contributed by atoms with E-state index in [0.29, 0.717) is 26.2 Å². The van der Waals surface area contributed by atoms with Crippen LogP contribution in [-0.2, 0) is 32.0 Å². The standard InChI is InChI=1S/C25H32N2O4/c28-24(17-22-7-4-11-26-19-22)27-12-9-25(10-13-27)18-23(8-14-31-25)30-16-15-29-20-21-5-2-1-3-6-21/h1-7,11,19,23H,8-10,12-18,20H2. The molecule has 2 saturated heterocycles. The second-order valence-corrected chi connectivity index (χ2v) is 8.47. The van der Waals surface area contributed by atoms with Gasteiger partial charge in [0.25, 0.3) is 0 Å². The zero-order valence-electron chi connectivity index (χ0n) is 18.1. The molecule has 0 radical (unpaired) electrons. The van der Waals surface area contributed by atoms with Crippen LogP contribution in [-0.4, -0.2) is 60.4 Å². The molecule has 31 heavy (non-hydrogen) atoms. The van der Waals surface area contributed by atoms with Crippen LogP contribution in [0.3, 0.4) is 0 Å². The Morgan fingerprint density at radius 2 is 1.90 bits per heavy atom. The number of nitrogens with zero attached hydrogens (tertiary/aromatic N) is 2. The summed E-state index contributed by atoms with van der Waals surface area (Å²) in [4.78, 5) is 18.7. The highest BCUT2D eigenvalue weighted by atomic mass is 16.5. The molecule has 1 aromatic carbocycles. The molecule has 4 rings (SSSR count). The lowest BCUT2D eigenvalue weighted by atomic mass is 9.83. The Balaban J connectivity index is 1.17. The van der Waals surface area contributed by atoms with Gasteiger partial charge >= 0.3 is 0 Å². The lowest BCUT2D eigenvalue weighted by Crippen LogP contribution is -2.52. The van der Waals surface area contributed by atoms with Gasteiger partial charge in [0.1, 0.15) is 0 Å². The zero-order chi connectivity index (χ0) is 21.4. The number of carbonyl (C=O) groups is 1. The number of hydrogen-bond acceptors (Lipinski definition) is 5. The number of piperidine rings is 1. The van der Waals surface area contributed by atoms with Gasteiger partial charge in [-0.1, -0.05) is 36.4 Å². The van der Waals surface area contributed by atoms with E-state index in [4.69, 9.17) is 14.2 Å². The number of hydrogen-bond donors (Lipinski definition) is 0. The molecule has 1 amide bonds. The summed E-state index contributed by atoms with van der Waals surface area (Å²) in [6.07, 6.45) is 7.67. The largest absolute Gasteiger partial charge is 0.376 e. The van der Waals surface area contributed by atoms with E-state index >= 15 is 0 Å². The average molecular weight is 425 g/mol. The van der Waals surface area contributed by atoms with Crippen molar-refractivity contribution in [3.05, 3.63) is 66.0 Å². The van der Waals surface area contributed by atoms with E-state index in [0.717, 1.165) is 50.9 Å². The number of pyridine rings is 1. The molecule has 2 aliphatic rings. The Labute approximate surface area is 184 Å². The van der Waals surface area contributed by atoms with Gasteiger partial charge in [0.15, 0.2) is 0 Å².